The highest BCUT2D eigenvalue weighted by molar-refractivity contribution is 7.10. The first-order valence-corrected chi connectivity index (χ1v) is 8.54. The van der Waals surface area contributed by atoms with Gasteiger partial charge in [0.2, 0.25) is 0 Å². The van der Waals surface area contributed by atoms with Gasteiger partial charge in [0.05, 0.1) is 0 Å². The van der Waals surface area contributed by atoms with Gasteiger partial charge in [0.25, 0.3) is 0 Å². The summed E-state index contributed by atoms with van der Waals surface area (Å²) in [5.74, 6) is 0. The molecule has 0 spiro atoms. The van der Waals surface area contributed by atoms with E-state index in [4.69, 9.17) is 11.6 Å². The molecule has 1 heterocycles. The van der Waals surface area contributed by atoms with Crippen molar-refractivity contribution in [2.24, 2.45) is 0 Å². The molecule has 108 valence electrons. The third-order valence-corrected chi connectivity index (χ3v) is 4.79. The number of rotatable bonds is 7. The van der Waals surface area contributed by atoms with Crippen LogP contribution in [-0.2, 0) is 13.0 Å². The highest BCUT2D eigenvalue weighted by Gasteiger charge is 2.11. The second-order valence-corrected chi connectivity index (χ2v) is 6.43. The van der Waals surface area contributed by atoms with E-state index in [1.165, 1.54) is 22.4 Å². The summed E-state index contributed by atoms with van der Waals surface area (Å²) in [6.07, 6.45) is 3.43. The summed E-state index contributed by atoms with van der Waals surface area (Å²) in [5.41, 5.74) is 2.79. The molecule has 1 unspecified atom stereocenters. The molecule has 1 N–H and O–H groups in total. The Morgan fingerprint density at radius 3 is 2.55 bits per heavy atom. The number of hydrogen-bond acceptors (Lipinski definition) is 2. The highest BCUT2D eigenvalue weighted by Crippen LogP contribution is 2.23. The zero-order valence-corrected chi connectivity index (χ0v) is 13.7. The van der Waals surface area contributed by atoms with Gasteiger partial charge in [-0.05, 0) is 47.5 Å². The van der Waals surface area contributed by atoms with Gasteiger partial charge in [-0.1, -0.05) is 44.0 Å². The molecule has 1 aromatic heterocycles. The van der Waals surface area contributed by atoms with Crippen molar-refractivity contribution >= 4 is 22.9 Å². The maximum atomic E-state index is 5.97. The summed E-state index contributed by atoms with van der Waals surface area (Å²) in [6.45, 7) is 5.40. The van der Waals surface area contributed by atoms with Gasteiger partial charge in [-0.25, -0.2) is 0 Å². The molecule has 1 atom stereocenters. The summed E-state index contributed by atoms with van der Waals surface area (Å²) < 4.78 is 0. The number of nitrogens with one attached hydrogen (secondary N) is 1. The van der Waals surface area contributed by atoms with Crippen molar-refractivity contribution in [3.05, 3.63) is 56.7 Å². The molecule has 0 saturated carbocycles. The number of aryl methyl sites for hydroxylation is 1. The van der Waals surface area contributed by atoms with Gasteiger partial charge in [-0.2, -0.15) is 0 Å². The molecule has 3 heteroatoms. The van der Waals surface area contributed by atoms with Crippen molar-refractivity contribution in [3.8, 4) is 0 Å². The number of halogens is 1. The first-order valence-electron chi connectivity index (χ1n) is 7.28. The molecule has 0 amide bonds. The van der Waals surface area contributed by atoms with Crippen molar-refractivity contribution in [3.63, 3.8) is 0 Å². The first kappa shape index (κ1) is 15.6. The lowest BCUT2D eigenvalue weighted by Gasteiger charge is -2.19. The third-order valence-electron chi connectivity index (χ3n) is 3.58. The molecule has 2 aromatic rings. The Bertz CT molecular complexity index is 518. The fourth-order valence-corrected chi connectivity index (χ4v) is 3.48. The SMILES string of the molecule is CCCC(NCc1sccc1CC)c1ccc(Cl)cc1. The predicted octanol–water partition coefficient (Wildman–Crippen LogP) is 5.59. The van der Waals surface area contributed by atoms with Crippen LogP contribution in [-0.4, -0.2) is 0 Å². The molecular formula is C17H22ClNS. The van der Waals surface area contributed by atoms with Crippen molar-refractivity contribution in [1.82, 2.24) is 5.32 Å². The number of benzene rings is 1. The number of thiophene rings is 1. The van der Waals surface area contributed by atoms with E-state index in [0.717, 1.165) is 24.4 Å². The Hall–Kier alpha value is -0.830. The summed E-state index contributed by atoms with van der Waals surface area (Å²) >= 11 is 7.82. The fraction of sp³-hybridized carbons (Fsp3) is 0.412. The zero-order valence-electron chi connectivity index (χ0n) is 12.2. The van der Waals surface area contributed by atoms with E-state index in [1.807, 2.05) is 23.5 Å². The molecule has 0 aliphatic rings. The van der Waals surface area contributed by atoms with Gasteiger partial charge in [-0.3, -0.25) is 0 Å². The zero-order chi connectivity index (χ0) is 14.4. The Morgan fingerprint density at radius 1 is 1.15 bits per heavy atom. The lowest BCUT2D eigenvalue weighted by molar-refractivity contribution is 0.495. The van der Waals surface area contributed by atoms with Gasteiger partial charge in [0.15, 0.2) is 0 Å². The van der Waals surface area contributed by atoms with Crippen LogP contribution in [0.1, 0.15) is 48.7 Å². The quantitative estimate of drug-likeness (QED) is 0.702. The van der Waals surface area contributed by atoms with Gasteiger partial charge < -0.3 is 5.32 Å². The van der Waals surface area contributed by atoms with E-state index in [1.54, 1.807) is 0 Å². The molecule has 0 radical (unpaired) electrons. The summed E-state index contributed by atoms with van der Waals surface area (Å²) in [5, 5.41) is 6.69. The molecule has 1 aromatic carbocycles. The van der Waals surface area contributed by atoms with Crippen LogP contribution in [0, 0.1) is 0 Å². The van der Waals surface area contributed by atoms with Crippen LogP contribution in [0.25, 0.3) is 0 Å². The van der Waals surface area contributed by atoms with E-state index >= 15 is 0 Å². The second kappa shape index (κ2) is 7.82. The lowest BCUT2D eigenvalue weighted by Crippen LogP contribution is -2.20. The van der Waals surface area contributed by atoms with E-state index in [2.05, 4.69) is 42.7 Å². The minimum atomic E-state index is 0.407. The molecule has 0 bridgehead atoms. The largest absolute Gasteiger partial charge is 0.305 e. The third kappa shape index (κ3) is 4.08. The first-order chi connectivity index (χ1) is 9.74. The van der Waals surface area contributed by atoms with Crippen molar-refractivity contribution in [2.75, 3.05) is 0 Å². The monoisotopic (exact) mass is 307 g/mol. The Labute approximate surface area is 131 Å². The van der Waals surface area contributed by atoms with Crippen LogP contribution >= 0.6 is 22.9 Å². The van der Waals surface area contributed by atoms with Crippen molar-refractivity contribution < 1.29 is 0 Å². The minimum Gasteiger partial charge on any atom is -0.305 e. The minimum absolute atomic E-state index is 0.407. The highest BCUT2D eigenvalue weighted by atomic mass is 35.5. The van der Waals surface area contributed by atoms with Crippen LogP contribution in [0.4, 0.5) is 0 Å². The van der Waals surface area contributed by atoms with E-state index in [0.29, 0.717) is 6.04 Å². The van der Waals surface area contributed by atoms with E-state index < -0.39 is 0 Å². The smallest absolute Gasteiger partial charge is 0.0406 e. The average Bonchev–Trinajstić information content (AvgIpc) is 2.92. The Balaban J connectivity index is 2.04. The molecule has 0 aliphatic carbocycles. The van der Waals surface area contributed by atoms with Crippen molar-refractivity contribution in [1.29, 1.82) is 0 Å². The van der Waals surface area contributed by atoms with Crippen LogP contribution in [0.5, 0.6) is 0 Å². The number of hydrogen-bond donors (Lipinski definition) is 1. The predicted molar refractivity (Wildman–Crippen MR) is 89.6 cm³/mol. The van der Waals surface area contributed by atoms with Crippen LogP contribution < -0.4 is 5.32 Å². The van der Waals surface area contributed by atoms with Crippen LogP contribution in [0.15, 0.2) is 35.7 Å². The summed E-state index contributed by atoms with van der Waals surface area (Å²) in [7, 11) is 0. The average molecular weight is 308 g/mol. The molecule has 0 fully saturated rings. The normalized spacial score (nSPS) is 12.6. The molecule has 0 saturated heterocycles. The molecule has 2 rings (SSSR count). The van der Waals surface area contributed by atoms with Gasteiger partial charge in [0.1, 0.15) is 0 Å². The Morgan fingerprint density at radius 2 is 1.90 bits per heavy atom. The lowest BCUT2D eigenvalue weighted by atomic mass is 10.0. The maximum absolute atomic E-state index is 5.97. The molecule has 20 heavy (non-hydrogen) atoms. The van der Waals surface area contributed by atoms with E-state index in [-0.39, 0.29) is 0 Å². The maximum Gasteiger partial charge on any atom is 0.0406 e. The summed E-state index contributed by atoms with van der Waals surface area (Å²) in [4.78, 5) is 1.46. The summed E-state index contributed by atoms with van der Waals surface area (Å²) in [6, 6.07) is 10.9. The van der Waals surface area contributed by atoms with Gasteiger partial charge >= 0.3 is 0 Å². The second-order valence-electron chi connectivity index (χ2n) is 5.00. The van der Waals surface area contributed by atoms with Gasteiger partial charge in [-0.15, -0.1) is 11.3 Å². The van der Waals surface area contributed by atoms with Gasteiger partial charge in [0, 0.05) is 22.5 Å². The van der Waals surface area contributed by atoms with Crippen LogP contribution in [0.3, 0.4) is 0 Å². The standard InChI is InChI=1S/C17H22ClNS/c1-3-5-16(14-6-8-15(18)9-7-14)19-12-17-13(4-2)10-11-20-17/h6-11,16,19H,3-5,12H2,1-2H3. The van der Waals surface area contributed by atoms with Crippen molar-refractivity contribution in [2.45, 2.75) is 45.7 Å². The van der Waals surface area contributed by atoms with Crippen LogP contribution in [0.2, 0.25) is 5.02 Å². The Kier molecular flexibility index (Phi) is 6.08. The molecule has 0 aliphatic heterocycles. The van der Waals surface area contributed by atoms with E-state index in [9.17, 15) is 0 Å². The molecular weight excluding hydrogens is 286 g/mol. The molecule has 1 nitrogen and oxygen atoms in total. The topological polar surface area (TPSA) is 12.0 Å². The fourth-order valence-electron chi connectivity index (χ4n) is 2.42.